The van der Waals surface area contributed by atoms with Crippen LogP contribution in [0.15, 0.2) is 42.6 Å². The first kappa shape index (κ1) is 12.0. The van der Waals surface area contributed by atoms with Gasteiger partial charge in [0, 0.05) is 24.8 Å². The van der Waals surface area contributed by atoms with Gasteiger partial charge in [-0.1, -0.05) is 18.2 Å². The maximum atomic E-state index is 5.17. The van der Waals surface area contributed by atoms with E-state index in [1.54, 1.807) is 7.11 Å². The Hall–Kier alpha value is -2.07. The quantitative estimate of drug-likeness (QED) is 0.914. The monoisotopic (exact) mass is 255 g/mol. The van der Waals surface area contributed by atoms with Crippen molar-refractivity contribution in [1.29, 1.82) is 0 Å². The summed E-state index contributed by atoms with van der Waals surface area (Å²) in [5, 5.41) is 3.35. The zero-order valence-corrected chi connectivity index (χ0v) is 11.0. The number of ether oxygens (including phenoxy) is 1. The molecule has 1 aromatic carbocycles. The largest absolute Gasteiger partial charge is 0.497 e. The summed E-state index contributed by atoms with van der Waals surface area (Å²) in [5.74, 6) is 1.91. The third kappa shape index (κ3) is 2.69. The molecule has 1 aliphatic rings. The first-order valence-electron chi connectivity index (χ1n) is 6.38. The molecular formula is C15H17N3O. The summed E-state index contributed by atoms with van der Waals surface area (Å²) in [4.78, 5) is 6.68. The molecule has 1 aromatic heterocycles. The molecule has 98 valence electrons. The van der Waals surface area contributed by atoms with Crippen molar-refractivity contribution in [3.8, 4) is 5.75 Å². The van der Waals surface area contributed by atoms with E-state index in [1.807, 2.05) is 24.4 Å². The number of hydrogen-bond donors (Lipinski definition) is 1. The Balaban J connectivity index is 1.68. The summed E-state index contributed by atoms with van der Waals surface area (Å²) in [7, 11) is 1.69. The lowest BCUT2D eigenvalue weighted by molar-refractivity contribution is 0.266. The molecule has 0 radical (unpaired) electrons. The van der Waals surface area contributed by atoms with E-state index in [0.29, 0.717) is 0 Å². The van der Waals surface area contributed by atoms with Gasteiger partial charge in [0.25, 0.3) is 0 Å². The molecule has 1 aliphatic heterocycles. The molecule has 0 bridgehead atoms. The van der Waals surface area contributed by atoms with Gasteiger partial charge in [-0.05, 0) is 23.8 Å². The van der Waals surface area contributed by atoms with Gasteiger partial charge < -0.3 is 10.1 Å². The highest BCUT2D eigenvalue weighted by Gasteiger charge is 2.15. The van der Waals surface area contributed by atoms with E-state index in [9.17, 15) is 0 Å². The molecule has 0 saturated carbocycles. The minimum absolute atomic E-state index is 0.829. The van der Waals surface area contributed by atoms with Crippen LogP contribution in [0.25, 0.3) is 0 Å². The fraction of sp³-hybridized carbons (Fsp3) is 0.267. The molecule has 2 heterocycles. The number of pyridine rings is 1. The van der Waals surface area contributed by atoms with E-state index in [4.69, 9.17) is 4.74 Å². The lowest BCUT2D eigenvalue weighted by Crippen LogP contribution is -2.33. The molecule has 19 heavy (non-hydrogen) atoms. The number of nitrogens with one attached hydrogen (secondary N) is 1. The SMILES string of the molecule is COc1ccc(CN2CNc3ncccc3C2)cc1. The van der Waals surface area contributed by atoms with Crippen LogP contribution in [0, 0.1) is 0 Å². The predicted octanol–water partition coefficient (Wildman–Crippen LogP) is 2.48. The fourth-order valence-electron chi connectivity index (χ4n) is 2.31. The number of methoxy groups -OCH3 is 1. The molecule has 4 nitrogen and oxygen atoms in total. The van der Waals surface area contributed by atoms with Crippen molar-refractivity contribution in [2.75, 3.05) is 19.1 Å². The van der Waals surface area contributed by atoms with Crippen LogP contribution in [0.2, 0.25) is 0 Å². The van der Waals surface area contributed by atoms with E-state index < -0.39 is 0 Å². The molecule has 2 aromatic rings. The van der Waals surface area contributed by atoms with E-state index in [2.05, 4.69) is 33.4 Å². The van der Waals surface area contributed by atoms with Crippen molar-refractivity contribution in [2.24, 2.45) is 0 Å². The first-order chi connectivity index (χ1) is 9.35. The number of anilines is 1. The molecule has 0 spiro atoms. The molecule has 0 atom stereocenters. The van der Waals surface area contributed by atoms with Crippen LogP contribution < -0.4 is 10.1 Å². The Morgan fingerprint density at radius 1 is 1.26 bits per heavy atom. The van der Waals surface area contributed by atoms with Crippen molar-refractivity contribution in [2.45, 2.75) is 13.1 Å². The van der Waals surface area contributed by atoms with Crippen molar-refractivity contribution in [3.05, 3.63) is 53.7 Å². The Bertz CT molecular complexity index is 554. The highest BCUT2D eigenvalue weighted by atomic mass is 16.5. The van der Waals surface area contributed by atoms with Gasteiger partial charge in [-0.25, -0.2) is 4.98 Å². The van der Waals surface area contributed by atoms with Gasteiger partial charge in [-0.2, -0.15) is 0 Å². The number of fused-ring (bicyclic) bond motifs is 1. The summed E-state index contributed by atoms with van der Waals surface area (Å²) in [6.45, 7) is 2.68. The predicted molar refractivity (Wildman–Crippen MR) is 75.0 cm³/mol. The van der Waals surface area contributed by atoms with Crippen LogP contribution in [0.1, 0.15) is 11.1 Å². The Morgan fingerprint density at radius 2 is 2.11 bits per heavy atom. The lowest BCUT2D eigenvalue weighted by Gasteiger charge is -2.29. The van der Waals surface area contributed by atoms with Gasteiger partial charge in [-0.3, -0.25) is 4.90 Å². The lowest BCUT2D eigenvalue weighted by atomic mass is 10.1. The normalized spacial score (nSPS) is 14.6. The van der Waals surface area contributed by atoms with E-state index in [0.717, 1.165) is 31.3 Å². The zero-order valence-electron chi connectivity index (χ0n) is 11.0. The van der Waals surface area contributed by atoms with Gasteiger partial charge in [-0.15, -0.1) is 0 Å². The van der Waals surface area contributed by atoms with Crippen LogP contribution in [0.3, 0.4) is 0 Å². The molecule has 3 rings (SSSR count). The topological polar surface area (TPSA) is 37.4 Å². The number of nitrogens with zero attached hydrogens (tertiary/aromatic N) is 2. The molecule has 0 aliphatic carbocycles. The average Bonchev–Trinajstić information content (AvgIpc) is 2.48. The van der Waals surface area contributed by atoms with Crippen LogP contribution in [-0.2, 0) is 13.1 Å². The van der Waals surface area contributed by atoms with Gasteiger partial charge in [0.15, 0.2) is 0 Å². The van der Waals surface area contributed by atoms with Gasteiger partial charge >= 0.3 is 0 Å². The molecular weight excluding hydrogens is 238 g/mol. The second-order valence-electron chi connectivity index (χ2n) is 4.68. The highest BCUT2D eigenvalue weighted by Crippen LogP contribution is 2.21. The van der Waals surface area contributed by atoms with Crippen LogP contribution in [0.5, 0.6) is 5.75 Å². The minimum atomic E-state index is 0.829. The Kier molecular flexibility index (Phi) is 3.33. The van der Waals surface area contributed by atoms with Gasteiger partial charge in [0.2, 0.25) is 0 Å². The standard InChI is InChI=1S/C15H17N3O/c1-19-14-6-4-12(5-7-14)9-18-10-13-3-2-8-16-15(13)17-11-18/h2-8H,9-11H2,1H3,(H,16,17). The zero-order chi connectivity index (χ0) is 13.1. The summed E-state index contributed by atoms with van der Waals surface area (Å²) in [6, 6.07) is 12.3. The minimum Gasteiger partial charge on any atom is -0.497 e. The van der Waals surface area contributed by atoms with E-state index in [1.165, 1.54) is 11.1 Å². The molecule has 0 fully saturated rings. The first-order valence-corrected chi connectivity index (χ1v) is 6.38. The van der Waals surface area contributed by atoms with Gasteiger partial charge in [0.05, 0.1) is 13.8 Å². The number of benzene rings is 1. The Morgan fingerprint density at radius 3 is 2.89 bits per heavy atom. The van der Waals surface area contributed by atoms with Crippen LogP contribution >= 0.6 is 0 Å². The summed E-state index contributed by atoms with van der Waals surface area (Å²) >= 11 is 0. The van der Waals surface area contributed by atoms with Gasteiger partial charge in [0.1, 0.15) is 11.6 Å². The smallest absolute Gasteiger partial charge is 0.131 e. The summed E-state index contributed by atoms with van der Waals surface area (Å²) in [6.07, 6.45) is 1.82. The Labute approximate surface area is 113 Å². The molecule has 4 heteroatoms. The number of aromatic nitrogens is 1. The number of rotatable bonds is 3. The van der Waals surface area contributed by atoms with E-state index >= 15 is 0 Å². The van der Waals surface area contributed by atoms with Crippen LogP contribution in [0.4, 0.5) is 5.82 Å². The highest BCUT2D eigenvalue weighted by molar-refractivity contribution is 5.45. The molecule has 0 unspecified atom stereocenters. The number of hydrogen-bond acceptors (Lipinski definition) is 4. The fourth-order valence-corrected chi connectivity index (χ4v) is 2.31. The van der Waals surface area contributed by atoms with Crippen molar-refractivity contribution < 1.29 is 4.74 Å². The second-order valence-corrected chi connectivity index (χ2v) is 4.68. The third-order valence-corrected chi connectivity index (χ3v) is 3.32. The molecule has 0 amide bonds. The van der Waals surface area contributed by atoms with Crippen molar-refractivity contribution in [3.63, 3.8) is 0 Å². The maximum absolute atomic E-state index is 5.17. The molecule has 1 N–H and O–H groups in total. The second kappa shape index (κ2) is 5.28. The summed E-state index contributed by atoms with van der Waals surface area (Å²) in [5.41, 5.74) is 2.54. The van der Waals surface area contributed by atoms with Crippen molar-refractivity contribution in [1.82, 2.24) is 9.88 Å². The van der Waals surface area contributed by atoms with Crippen molar-refractivity contribution >= 4 is 5.82 Å². The van der Waals surface area contributed by atoms with Crippen LogP contribution in [-0.4, -0.2) is 23.7 Å². The maximum Gasteiger partial charge on any atom is 0.131 e. The molecule has 0 saturated heterocycles. The third-order valence-electron chi connectivity index (χ3n) is 3.32. The summed E-state index contributed by atoms with van der Waals surface area (Å²) < 4.78 is 5.17. The average molecular weight is 255 g/mol. The van der Waals surface area contributed by atoms with E-state index in [-0.39, 0.29) is 0 Å².